The molecule has 10 rings (SSSR count). The second kappa shape index (κ2) is 18.3. The summed E-state index contributed by atoms with van der Waals surface area (Å²) in [7, 11) is 0. The topological polar surface area (TPSA) is 136 Å². The van der Waals surface area contributed by atoms with Crippen LogP contribution in [0.15, 0.2) is 114 Å². The van der Waals surface area contributed by atoms with Gasteiger partial charge in [0.15, 0.2) is 20.4 Å². The molecule has 6 aromatic rings. The van der Waals surface area contributed by atoms with Gasteiger partial charge in [-0.1, -0.05) is 114 Å². The maximum absolute atomic E-state index is 12.9. The zero-order chi connectivity index (χ0) is 42.7. The lowest BCUT2D eigenvalue weighted by atomic mass is 10.0. The summed E-state index contributed by atoms with van der Waals surface area (Å²) in [5.74, 6) is 0.326. The Morgan fingerprint density at radius 1 is 0.656 bits per heavy atom. The van der Waals surface area contributed by atoms with Crippen molar-refractivity contribution in [3.63, 3.8) is 0 Å². The van der Waals surface area contributed by atoms with E-state index in [1.165, 1.54) is 21.8 Å². The number of likely N-dealkylation sites (tertiary alicyclic amines) is 2. The van der Waals surface area contributed by atoms with Crippen LogP contribution in [0.1, 0.15) is 20.8 Å². The Hall–Kier alpha value is -5.47. The van der Waals surface area contributed by atoms with Crippen LogP contribution in [0.2, 0.25) is 0 Å². The molecule has 0 unspecified atom stereocenters. The summed E-state index contributed by atoms with van der Waals surface area (Å²) in [6.45, 7) is 9.02. The molecule has 4 aliphatic heterocycles. The number of nitrogens with zero attached hydrogens (tertiary/aromatic N) is 8. The van der Waals surface area contributed by atoms with E-state index in [9.17, 15) is 14.4 Å². The van der Waals surface area contributed by atoms with Gasteiger partial charge in [0, 0.05) is 69.7 Å². The molecule has 0 N–H and O–H groups in total. The Kier molecular flexibility index (Phi) is 12.6. The van der Waals surface area contributed by atoms with Crippen molar-refractivity contribution in [3.05, 3.63) is 114 Å². The average Bonchev–Trinajstić information content (AvgIpc) is 4.13. The van der Waals surface area contributed by atoms with Crippen LogP contribution < -0.4 is 9.80 Å². The summed E-state index contributed by atoms with van der Waals surface area (Å²) in [6, 6.07) is 30.3. The molecule has 3 aromatic heterocycles. The first-order chi connectivity index (χ1) is 29.4. The predicted octanol–water partition coefficient (Wildman–Crippen LogP) is 9.40. The molecule has 4 saturated heterocycles. The minimum atomic E-state index is -0.528. The third-order valence-corrected chi connectivity index (χ3v) is 14.4. The largest absolute Gasteiger partial charge is 0.444 e. The third-order valence-electron chi connectivity index (χ3n) is 10.8. The van der Waals surface area contributed by atoms with Gasteiger partial charge in [-0.3, -0.25) is 19.4 Å². The molecule has 0 bridgehead atoms. The van der Waals surface area contributed by atoms with Crippen molar-refractivity contribution in [3.8, 4) is 37.5 Å². The SMILES string of the molecule is Brc1ncc(-c2ccccc2)s1.CC(C)(C)OC(=O)N1C[C@H]2CN(c3ncc(-c4ccccc4)s3)C(=O)[C@H]2C1.N#CN1C[C@H]2CN(c3ncc(-c4ccccc4)s3)C(=O)[C@H]2C1. The molecule has 0 radical (unpaired) electrons. The molecular formula is C45H43BrN8O4S3. The Bertz CT molecular complexity index is 2520. The van der Waals surface area contributed by atoms with E-state index in [0.717, 1.165) is 35.1 Å². The highest BCUT2D eigenvalue weighted by Crippen LogP contribution is 2.40. The van der Waals surface area contributed by atoms with E-state index in [-0.39, 0.29) is 41.6 Å². The zero-order valence-electron chi connectivity index (χ0n) is 33.8. The van der Waals surface area contributed by atoms with Gasteiger partial charge in [0.1, 0.15) is 5.60 Å². The molecule has 0 saturated carbocycles. The van der Waals surface area contributed by atoms with E-state index in [4.69, 9.17) is 10.00 Å². The van der Waals surface area contributed by atoms with Gasteiger partial charge >= 0.3 is 6.09 Å². The van der Waals surface area contributed by atoms with Gasteiger partial charge in [0.05, 0.1) is 26.5 Å². The molecule has 312 valence electrons. The number of amides is 3. The Balaban J connectivity index is 0.000000135. The molecule has 4 atom stereocenters. The van der Waals surface area contributed by atoms with E-state index in [1.54, 1.807) is 42.3 Å². The molecule has 7 heterocycles. The van der Waals surface area contributed by atoms with E-state index in [0.29, 0.717) is 39.3 Å². The Morgan fingerprint density at radius 3 is 1.51 bits per heavy atom. The van der Waals surface area contributed by atoms with Gasteiger partial charge in [0.2, 0.25) is 11.8 Å². The van der Waals surface area contributed by atoms with Crippen molar-refractivity contribution < 1.29 is 19.1 Å². The number of fused-ring (bicyclic) bond motifs is 2. The van der Waals surface area contributed by atoms with Crippen LogP contribution in [0, 0.1) is 35.1 Å². The first-order valence-electron chi connectivity index (χ1n) is 19.9. The summed E-state index contributed by atoms with van der Waals surface area (Å²) < 4.78 is 6.37. The number of carbonyl (C=O) groups is 3. The van der Waals surface area contributed by atoms with Gasteiger partial charge < -0.3 is 14.5 Å². The summed E-state index contributed by atoms with van der Waals surface area (Å²) in [4.78, 5) is 61.0. The van der Waals surface area contributed by atoms with Crippen molar-refractivity contribution >= 4 is 78.1 Å². The molecule has 0 spiro atoms. The van der Waals surface area contributed by atoms with Gasteiger partial charge in [-0.2, -0.15) is 5.26 Å². The molecule has 0 aliphatic carbocycles. The fraction of sp³-hybridized carbons (Fsp3) is 0.311. The van der Waals surface area contributed by atoms with Crippen LogP contribution in [0.25, 0.3) is 31.3 Å². The number of nitriles is 1. The number of anilines is 2. The Morgan fingerprint density at radius 2 is 1.10 bits per heavy atom. The lowest BCUT2D eigenvalue weighted by Gasteiger charge is -2.25. The lowest BCUT2D eigenvalue weighted by Crippen LogP contribution is -2.38. The van der Waals surface area contributed by atoms with Crippen molar-refractivity contribution in [2.75, 3.05) is 49.1 Å². The highest BCUT2D eigenvalue weighted by molar-refractivity contribution is 9.11. The molecule has 3 amide bonds. The fourth-order valence-electron chi connectivity index (χ4n) is 7.86. The quantitative estimate of drug-likeness (QED) is 0.155. The highest BCUT2D eigenvalue weighted by atomic mass is 79.9. The maximum atomic E-state index is 12.9. The number of thiazole rings is 3. The standard InChI is InChI=1S/C20H23N3O3S.C16H14N4OS.C9H6BrNS/c1-20(2,3)26-19(25)22-10-14-11-23(17(24)15(14)12-22)18-21-9-16(27-18)13-7-5-4-6-8-13;17-10-19-7-12-8-20(15(21)13(12)9-19)16-18-6-14(22-16)11-4-2-1-3-5-11;10-9-11-6-8(12-9)7-4-2-1-3-5-7/h4-9,14-15H,10-12H2,1-3H3;1-6,12-13H,7-9H2;1-6H/t14-,15-;12-,13-;/m00./s1. The Labute approximate surface area is 375 Å². The van der Waals surface area contributed by atoms with Crippen molar-refractivity contribution in [2.45, 2.75) is 26.4 Å². The van der Waals surface area contributed by atoms with Crippen LogP contribution in [-0.2, 0) is 14.3 Å². The van der Waals surface area contributed by atoms with Crippen LogP contribution in [0.5, 0.6) is 0 Å². The van der Waals surface area contributed by atoms with Crippen molar-refractivity contribution in [1.29, 1.82) is 5.26 Å². The fourth-order valence-corrected chi connectivity index (χ4v) is 11.0. The molecule has 4 aliphatic rings. The van der Waals surface area contributed by atoms with Gasteiger partial charge in [-0.25, -0.2) is 19.7 Å². The average molecular weight is 936 g/mol. The molecule has 4 fully saturated rings. The zero-order valence-corrected chi connectivity index (χ0v) is 37.8. The normalized spacial score (nSPS) is 20.4. The van der Waals surface area contributed by atoms with Crippen LogP contribution in [-0.4, -0.2) is 87.5 Å². The summed E-state index contributed by atoms with van der Waals surface area (Å²) >= 11 is 8.06. The first kappa shape index (κ1) is 42.2. The maximum Gasteiger partial charge on any atom is 0.410 e. The van der Waals surface area contributed by atoms with E-state index < -0.39 is 5.60 Å². The minimum absolute atomic E-state index is 0.0521. The number of hydrogen-bond acceptors (Lipinski definition) is 12. The summed E-state index contributed by atoms with van der Waals surface area (Å²) in [5, 5.41) is 10.5. The number of hydrogen-bond donors (Lipinski definition) is 0. The smallest absolute Gasteiger partial charge is 0.410 e. The number of ether oxygens (including phenoxy) is 1. The third kappa shape index (κ3) is 9.70. The van der Waals surface area contributed by atoms with Gasteiger partial charge in [-0.05, 0) is 53.4 Å². The van der Waals surface area contributed by atoms with E-state index in [1.807, 2.05) is 118 Å². The number of rotatable bonds is 5. The van der Waals surface area contributed by atoms with Gasteiger partial charge in [-0.15, -0.1) is 11.3 Å². The van der Waals surface area contributed by atoms with Crippen molar-refractivity contribution in [2.24, 2.45) is 23.7 Å². The summed E-state index contributed by atoms with van der Waals surface area (Å²) in [5.41, 5.74) is 2.91. The molecule has 3 aromatic carbocycles. The van der Waals surface area contributed by atoms with Crippen molar-refractivity contribution in [1.82, 2.24) is 24.8 Å². The molecule has 16 heteroatoms. The number of aromatic nitrogens is 3. The van der Waals surface area contributed by atoms with Crippen LogP contribution in [0.3, 0.4) is 0 Å². The lowest BCUT2D eigenvalue weighted by molar-refractivity contribution is -0.121. The van der Waals surface area contributed by atoms with Gasteiger partial charge in [0.25, 0.3) is 0 Å². The predicted molar refractivity (Wildman–Crippen MR) is 244 cm³/mol. The second-order valence-corrected chi connectivity index (χ2v) is 20.4. The first-order valence-corrected chi connectivity index (χ1v) is 23.1. The van der Waals surface area contributed by atoms with E-state index in [2.05, 4.69) is 49.2 Å². The minimum Gasteiger partial charge on any atom is -0.444 e. The molecule has 12 nitrogen and oxygen atoms in total. The number of halogens is 1. The van der Waals surface area contributed by atoms with E-state index >= 15 is 0 Å². The molecule has 61 heavy (non-hydrogen) atoms. The van der Waals surface area contributed by atoms with Crippen LogP contribution in [0.4, 0.5) is 15.1 Å². The highest BCUT2D eigenvalue weighted by Gasteiger charge is 2.50. The molecular weight excluding hydrogens is 893 g/mol. The number of benzene rings is 3. The monoisotopic (exact) mass is 934 g/mol. The second-order valence-electron chi connectivity index (χ2n) is 16.1. The number of carbonyl (C=O) groups excluding carboxylic acids is 3. The summed E-state index contributed by atoms with van der Waals surface area (Å²) in [6.07, 6.45) is 7.34. The van der Waals surface area contributed by atoms with Crippen LogP contribution >= 0.6 is 49.9 Å².